The Bertz CT molecular complexity index is 1510. The molecule has 0 amide bonds. The van der Waals surface area contributed by atoms with Crippen molar-refractivity contribution in [2.45, 2.75) is 24.5 Å². The van der Waals surface area contributed by atoms with E-state index >= 15 is 0 Å². The van der Waals surface area contributed by atoms with E-state index in [1.54, 1.807) is 18.2 Å². The van der Waals surface area contributed by atoms with E-state index in [0.29, 0.717) is 22.6 Å². The van der Waals surface area contributed by atoms with Crippen LogP contribution in [0.25, 0.3) is 0 Å². The number of sulfonamides is 1. The summed E-state index contributed by atoms with van der Waals surface area (Å²) in [6.45, 7) is 1.42. The van der Waals surface area contributed by atoms with E-state index in [-0.39, 0.29) is 28.1 Å². The number of benzene rings is 3. The normalized spacial score (nSPS) is 11.7. The zero-order valence-electron chi connectivity index (χ0n) is 20.4. The van der Waals surface area contributed by atoms with Gasteiger partial charge in [-0.05, 0) is 67.1 Å². The van der Waals surface area contributed by atoms with Crippen LogP contribution in [0.2, 0.25) is 0 Å². The van der Waals surface area contributed by atoms with E-state index in [2.05, 4.69) is 9.36 Å². The summed E-state index contributed by atoms with van der Waals surface area (Å²) in [6.07, 6.45) is -3.27. The van der Waals surface area contributed by atoms with Gasteiger partial charge in [-0.25, -0.2) is 17.7 Å². The molecule has 8 nitrogen and oxygen atoms in total. The third kappa shape index (κ3) is 6.00. The van der Waals surface area contributed by atoms with E-state index in [9.17, 15) is 21.6 Å². The number of alkyl halides is 3. The van der Waals surface area contributed by atoms with Crippen LogP contribution in [0.3, 0.4) is 0 Å². The zero-order valence-corrected chi connectivity index (χ0v) is 22.0. The Morgan fingerprint density at radius 3 is 2.24 bits per heavy atom. The summed E-state index contributed by atoms with van der Waals surface area (Å²) in [5.41, 5.74) is 0.0935. The second kappa shape index (κ2) is 10.9. The third-order valence-electron chi connectivity index (χ3n) is 5.40. The van der Waals surface area contributed by atoms with Crippen LogP contribution in [0.1, 0.15) is 16.7 Å². The summed E-state index contributed by atoms with van der Waals surface area (Å²) in [6, 6.07) is 13.7. The van der Waals surface area contributed by atoms with Crippen LogP contribution in [-0.4, -0.2) is 32.0 Å². The number of rotatable bonds is 9. The van der Waals surface area contributed by atoms with Crippen LogP contribution in [0.4, 0.5) is 18.3 Å². The monoisotopic (exact) mass is 565 g/mol. The molecule has 4 rings (SSSR count). The van der Waals surface area contributed by atoms with Crippen molar-refractivity contribution in [3.8, 4) is 23.0 Å². The fraction of sp³-hybridized carbons (Fsp3) is 0.200. The van der Waals surface area contributed by atoms with Crippen molar-refractivity contribution in [1.82, 2.24) is 9.36 Å². The van der Waals surface area contributed by atoms with Gasteiger partial charge in [-0.15, -0.1) is 0 Å². The van der Waals surface area contributed by atoms with Crippen molar-refractivity contribution in [1.29, 1.82) is 0 Å². The van der Waals surface area contributed by atoms with Crippen LogP contribution < -0.4 is 18.5 Å². The maximum atomic E-state index is 13.7. The largest absolute Gasteiger partial charge is 0.497 e. The summed E-state index contributed by atoms with van der Waals surface area (Å²) in [5, 5.41) is 0.141. The molecule has 0 N–H and O–H groups in total. The Hall–Kier alpha value is -3.84. The molecule has 1 heterocycles. The molecule has 0 bridgehead atoms. The van der Waals surface area contributed by atoms with Gasteiger partial charge in [0.1, 0.15) is 29.3 Å². The van der Waals surface area contributed by atoms with Gasteiger partial charge in [-0.2, -0.15) is 17.5 Å². The van der Waals surface area contributed by atoms with Gasteiger partial charge in [-0.1, -0.05) is 0 Å². The predicted molar refractivity (Wildman–Crippen MR) is 136 cm³/mol. The van der Waals surface area contributed by atoms with Crippen LogP contribution in [0.5, 0.6) is 23.0 Å². The summed E-state index contributed by atoms with van der Waals surface area (Å²) in [5.74, 6) is 1.12. The molecule has 3 aromatic carbocycles. The summed E-state index contributed by atoms with van der Waals surface area (Å²) < 4.78 is 88.0. The van der Waals surface area contributed by atoms with Gasteiger partial charge in [0.25, 0.3) is 10.0 Å². The lowest BCUT2D eigenvalue weighted by atomic mass is 10.1. The number of halogens is 3. The molecule has 0 fully saturated rings. The highest BCUT2D eigenvalue weighted by Gasteiger charge is 2.31. The molecule has 0 spiro atoms. The molecule has 0 saturated heterocycles. The molecular formula is C25H22F3N3O5S2. The highest BCUT2D eigenvalue weighted by molar-refractivity contribution is 7.93. The van der Waals surface area contributed by atoms with Gasteiger partial charge < -0.3 is 14.2 Å². The predicted octanol–water partition coefficient (Wildman–Crippen LogP) is 6.07. The first-order valence-corrected chi connectivity index (χ1v) is 13.2. The van der Waals surface area contributed by atoms with Gasteiger partial charge in [0, 0.05) is 23.2 Å². The van der Waals surface area contributed by atoms with E-state index in [1.807, 2.05) is 0 Å². The van der Waals surface area contributed by atoms with Gasteiger partial charge in [0.15, 0.2) is 0 Å². The molecule has 200 valence electrons. The minimum absolute atomic E-state index is 0.0185. The third-order valence-corrected chi connectivity index (χ3v) is 7.95. The van der Waals surface area contributed by atoms with Crippen molar-refractivity contribution >= 4 is 26.7 Å². The summed E-state index contributed by atoms with van der Waals surface area (Å²) in [7, 11) is -1.16. The van der Waals surface area contributed by atoms with Crippen molar-refractivity contribution in [3.05, 3.63) is 83.7 Å². The second-order valence-corrected chi connectivity index (χ2v) is 10.6. The molecule has 0 atom stereocenters. The fourth-order valence-corrected chi connectivity index (χ4v) is 5.71. The fourth-order valence-electron chi connectivity index (χ4n) is 3.58. The Balaban J connectivity index is 1.63. The number of ether oxygens (including phenoxy) is 3. The maximum Gasteiger partial charge on any atom is 0.416 e. The molecule has 4 aromatic rings. The van der Waals surface area contributed by atoms with Crippen LogP contribution in [0.15, 0.2) is 71.9 Å². The van der Waals surface area contributed by atoms with Crippen molar-refractivity contribution in [3.63, 3.8) is 0 Å². The molecule has 38 heavy (non-hydrogen) atoms. The number of hydrogen-bond acceptors (Lipinski definition) is 8. The van der Waals surface area contributed by atoms with Gasteiger partial charge in [-0.3, -0.25) is 0 Å². The SMILES string of the molecule is COc1ccc(CN(c2ncns2)S(=O)(=O)c2ccc(Oc3cc(C)cc(C(F)(F)F)c3)cc2)c(OC)c1. The second-order valence-electron chi connectivity index (χ2n) is 8.02. The standard InChI is InChI=1S/C25H22F3N3O5S2/c1-16-10-18(25(26,27)28)12-21(11-16)36-19-6-8-22(9-7-19)38(32,33)31(24-29-15-30-37-24)14-17-4-5-20(34-2)13-23(17)35-3/h4-13,15H,14H2,1-3H3. The van der Waals surface area contributed by atoms with Crippen molar-refractivity contribution < 1.29 is 35.8 Å². The van der Waals surface area contributed by atoms with Crippen molar-refractivity contribution in [2.75, 3.05) is 18.5 Å². The number of aryl methyl sites for hydroxylation is 1. The molecule has 13 heteroatoms. The number of hydrogen-bond donors (Lipinski definition) is 0. The number of nitrogens with zero attached hydrogens (tertiary/aromatic N) is 3. The maximum absolute atomic E-state index is 13.7. The first-order chi connectivity index (χ1) is 18.0. The van der Waals surface area contributed by atoms with Crippen LogP contribution >= 0.6 is 11.5 Å². The first kappa shape index (κ1) is 27.2. The quantitative estimate of drug-likeness (QED) is 0.243. The number of methoxy groups -OCH3 is 2. The lowest BCUT2D eigenvalue weighted by Crippen LogP contribution is -2.30. The Kier molecular flexibility index (Phi) is 7.78. The van der Waals surface area contributed by atoms with E-state index in [4.69, 9.17) is 14.2 Å². The molecule has 0 aliphatic heterocycles. The molecule has 0 aliphatic rings. The summed E-state index contributed by atoms with van der Waals surface area (Å²) >= 11 is 0.906. The summed E-state index contributed by atoms with van der Waals surface area (Å²) in [4.78, 5) is 4.00. The molecule has 0 unspecified atom stereocenters. The molecule has 0 radical (unpaired) electrons. The average molecular weight is 566 g/mol. The zero-order chi connectivity index (χ0) is 27.5. The van der Waals surface area contributed by atoms with Gasteiger partial charge in [0.05, 0.1) is 31.2 Å². The molecule has 1 aromatic heterocycles. The molecule has 0 aliphatic carbocycles. The van der Waals surface area contributed by atoms with Crippen LogP contribution in [-0.2, 0) is 22.7 Å². The first-order valence-electron chi connectivity index (χ1n) is 11.0. The molecular weight excluding hydrogens is 543 g/mol. The lowest BCUT2D eigenvalue weighted by Gasteiger charge is -2.23. The smallest absolute Gasteiger partial charge is 0.416 e. The molecule has 0 saturated carbocycles. The van der Waals surface area contributed by atoms with Gasteiger partial charge >= 0.3 is 6.18 Å². The van der Waals surface area contributed by atoms with Crippen molar-refractivity contribution in [2.24, 2.45) is 0 Å². The lowest BCUT2D eigenvalue weighted by molar-refractivity contribution is -0.137. The van der Waals surface area contributed by atoms with Gasteiger partial charge in [0.2, 0.25) is 5.13 Å². The topological polar surface area (TPSA) is 90.9 Å². The van der Waals surface area contributed by atoms with Crippen LogP contribution in [0, 0.1) is 6.92 Å². The average Bonchev–Trinajstić information content (AvgIpc) is 3.41. The highest BCUT2D eigenvalue weighted by atomic mass is 32.2. The van der Waals surface area contributed by atoms with E-state index in [1.165, 1.54) is 57.8 Å². The minimum Gasteiger partial charge on any atom is -0.497 e. The van der Waals surface area contributed by atoms with E-state index < -0.39 is 21.8 Å². The minimum atomic E-state index is -4.53. The number of anilines is 1. The number of aromatic nitrogens is 2. The highest BCUT2D eigenvalue weighted by Crippen LogP contribution is 2.35. The van der Waals surface area contributed by atoms with E-state index in [0.717, 1.165) is 28.0 Å². The Morgan fingerprint density at radius 1 is 0.921 bits per heavy atom. The Labute approximate surface area is 221 Å². The Morgan fingerprint density at radius 2 is 1.63 bits per heavy atom.